The molecule has 20 heavy (non-hydrogen) atoms. The molecule has 0 spiro atoms. The summed E-state index contributed by atoms with van der Waals surface area (Å²) in [5, 5.41) is 0. The van der Waals surface area contributed by atoms with Crippen molar-refractivity contribution >= 4 is 11.5 Å². The molecule has 1 aromatic carbocycles. The second-order valence-corrected chi connectivity index (χ2v) is 4.74. The van der Waals surface area contributed by atoms with E-state index in [9.17, 15) is 9.18 Å². The van der Waals surface area contributed by atoms with Crippen LogP contribution in [-0.2, 0) is 6.42 Å². The van der Waals surface area contributed by atoms with Gasteiger partial charge in [0.2, 0.25) is 0 Å². The van der Waals surface area contributed by atoms with Crippen molar-refractivity contribution in [2.75, 3.05) is 18.5 Å². The highest BCUT2D eigenvalue weighted by Gasteiger charge is 2.12. The van der Waals surface area contributed by atoms with Gasteiger partial charge in [-0.15, -0.1) is 0 Å². The zero-order valence-electron chi connectivity index (χ0n) is 11.6. The normalized spacial score (nSPS) is 10.3. The van der Waals surface area contributed by atoms with E-state index in [1.807, 2.05) is 24.1 Å². The zero-order chi connectivity index (χ0) is 14.5. The van der Waals surface area contributed by atoms with Gasteiger partial charge in [0.25, 0.3) is 0 Å². The maximum Gasteiger partial charge on any atom is 0.161 e. The average Bonchev–Trinajstić information content (AvgIpc) is 2.45. The number of hydrogen-bond donors (Lipinski definition) is 0. The van der Waals surface area contributed by atoms with Gasteiger partial charge in [-0.2, -0.15) is 0 Å². The second kappa shape index (κ2) is 6.28. The van der Waals surface area contributed by atoms with E-state index in [1.54, 1.807) is 18.5 Å². The van der Waals surface area contributed by atoms with Crippen molar-refractivity contribution in [2.45, 2.75) is 13.3 Å². The van der Waals surface area contributed by atoms with Gasteiger partial charge in [-0.05, 0) is 49.2 Å². The lowest BCUT2D eigenvalue weighted by atomic mass is 10.1. The number of benzene rings is 1. The Balaban J connectivity index is 2.13. The number of hydrogen-bond acceptors (Lipinski definition) is 3. The van der Waals surface area contributed by atoms with Crippen molar-refractivity contribution in [1.29, 1.82) is 0 Å². The van der Waals surface area contributed by atoms with Gasteiger partial charge in [-0.3, -0.25) is 9.78 Å². The highest BCUT2D eigenvalue weighted by molar-refractivity contribution is 5.99. The minimum Gasteiger partial charge on any atom is -0.374 e. The molecule has 0 aliphatic rings. The highest BCUT2D eigenvalue weighted by Crippen LogP contribution is 2.21. The van der Waals surface area contributed by atoms with Crippen LogP contribution in [0.1, 0.15) is 22.8 Å². The molecule has 0 N–H and O–H groups in total. The number of carbonyl (C=O) groups is 1. The minimum atomic E-state index is -0.388. The van der Waals surface area contributed by atoms with Crippen molar-refractivity contribution in [3.63, 3.8) is 0 Å². The van der Waals surface area contributed by atoms with Crippen LogP contribution in [0.25, 0.3) is 0 Å². The van der Waals surface area contributed by atoms with Crippen LogP contribution in [0.4, 0.5) is 10.1 Å². The van der Waals surface area contributed by atoms with Gasteiger partial charge >= 0.3 is 0 Å². The Kier molecular flexibility index (Phi) is 4.45. The van der Waals surface area contributed by atoms with Crippen molar-refractivity contribution in [3.8, 4) is 0 Å². The Labute approximate surface area is 118 Å². The SMILES string of the molecule is CC(=O)c1cc(F)ccc1N(C)CCc1ccncc1. The van der Waals surface area contributed by atoms with E-state index in [0.29, 0.717) is 5.56 Å². The van der Waals surface area contributed by atoms with E-state index in [1.165, 1.54) is 24.6 Å². The third kappa shape index (κ3) is 3.41. The van der Waals surface area contributed by atoms with Crippen LogP contribution in [-0.4, -0.2) is 24.4 Å². The first kappa shape index (κ1) is 14.2. The molecule has 0 saturated heterocycles. The monoisotopic (exact) mass is 272 g/mol. The van der Waals surface area contributed by atoms with Crippen molar-refractivity contribution in [1.82, 2.24) is 4.98 Å². The molecule has 2 rings (SSSR count). The first-order chi connectivity index (χ1) is 9.58. The molecular weight excluding hydrogens is 255 g/mol. The molecule has 1 heterocycles. The molecule has 0 radical (unpaired) electrons. The molecule has 0 unspecified atom stereocenters. The molecule has 0 atom stereocenters. The molecule has 104 valence electrons. The maximum absolute atomic E-state index is 13.2. The van der Waals surface area contributed by atoms with Crippen molar-refractivity contribution in [3.05, 3.63) is 59.7 Å². The predicted molar refractivity (Wildman–Crippen MR) is 77.6 cm³/mol. The largest absolute Gasteiger partial charge is 0.374 e. The van der Waals surface area contributed by atoms with Gasteiger partial charge in [0.15, 0.2) is 5.78 Å². The molecule has 2 aromatic rings. The first-order valence-corrected chi connectivity index (χ1v) is 6.48. The fourth-order valence-electron chi connectivity index (χ4n) is 2.09. The minimum absolute atomic E-state index is 0.129. The van der Waals surface area contributed by atoms with Gasteiger partial charge in [-0.25, -0.2) is 4.39 Å². The van der Waals surface area contributed by atoms with Crippen molar-refractivity contribution in [2.24, 2.45) is 0 Å². The smallest absolute Gasteiger partial charge is 0.161 e. The van der Waals surface area contributed by atoms with Crippen LogP contribution in [0.3, 0.4) is 0 Å². The number of anilines is 1. The molecular formula is C16H17FN2O. The molecule has 0 bridgehead atoms. The predicted octanol–water partition coefficient (Wildman–Crippen LogP) is 3.10. The molecule has 0 amide bonds. The molecule has 4 heteroatoms. The lowest BCUT2D eigenvalue weighted by molar-refractivity contribution is 0.101. The molecule has 1 aromatic heterocycles. The summed E-state index contributed by atoms with van der Waals surface area (Å²) >= 11 is 0. The van der Waals surface area contributed by atoms with Crippen LogP contribution in [0, 0.1) is 5.82 Å². The number of nitrogens with zero attached hydrogens (tertiary/aromatic N) is 2. The maximum atomic E-state index is 13.2. The average molecular weight is 272 g/mol. The van der Waals surface area contributed by atoms with Crippen LogP contribution >= 0.6 is 0 Å². The molecule has 0 saturated carbocycles. The van der Waals surface area contributed by atoms with Crippen molar-refractivity contribution < 1.29 is 9.18 Å². The summed E-state index contributed by atoms with van der Waals surface area (Å²) in [6, 6.07) is 8.25. The van der Waals surface area contributed by atoms with E-state index >= 15 is 0 Å². The standard InChI is InChI=1S/C16H17FN2O/c1-12(20)15-11-14(17)3-4-16(15)19(2)10-7-13-5-8-18-9-6-13/h3-6,8-9,11H,7,10H2,1-2H3. The van der Waals surface area contributed by atoms with E-state index in [4.69, 9.17) is 0 Å². The number of pyridine rings is 1. The van der Waals surface area contributed by atoms with E-state index < -0.39 is 0 Å². The van der Waals surface area contributed by atoms with Crippen LogP contribution in [0.5, 0.6) is 0 Å². The summed E-state index contributed by atoms with van der Waals surface area (Å²) in [7, 11) is 1.90. The Morgan fingerprint density at radius 2 is 1.95 bits per heavy atom. The van der Waals surface area contributed by atoms with Gasteiger partial charge in [0.1, 0.15) is 5.82 Å². The van der Waals surface area contributed by atoms with E-state index in [-0.39, 0.29) is 11.6 Å². The van der Waals surface area contributed by atoms with Gasteiger partial charge in [0.05, 0.1) is 0 Å². The number of halogens is 1. The summed E-state index contributed by atoms with van der Waals surface area (Å²) in [5.41, 5.74) is 2.36. The summed E-state index contributed by atoms with van der Waals surface area (Å²) in [6.45, 7) is 2.20. The summed E-state index contributed by atoms with van der Waals surface area (Å²) < 4.78 is 13.2. The van der Waals surface area contributed by atoms with E-state index in [2.05, 4.69) is 4.98 Å². The third-order valence-electron chi connectivity index (χ3n) is 3.23. The molecule has 0 aliphatic heterocycles. The Morgan fingerprint density at radius 3 is 2.60 bits per heavy atom. The zero-order valence-corrected chi connectivity index (χ0v) is 11.6. The van der Waals surface area contributed by atoms with Crippen LogP contribution in [0.15, 0.2) is 42.7 Å². The molecule has 3 nitrogen and oxygen atoms in total. The number of aromatic nitrogens is 1. The van der Waals surface area contributed by atoms with Crippen LogP contribution in [0.2, 0.25) is 0 Å². The fourth-order valence-corrected chi connectivity index (χ4v) is 2.09. The lowest BCUT2D eigenvalue weighted by Gasteiger charge is -2.21. The summed E-state index contributed by atoms with van der Waals surface area (Å²) in [6.07, 6.45) is 4.36. The highest BCUT2D eigenvalue weighted by atomic mass is 19.1. The third-order valence-corrected chi connectivity index (χ3v) is 3.23. The second-order valence-electron chi connectivity index (χ2n) is 4.74. The van der Waals surface area contributed by atoms with Gasteiger partial charge in [0, 0.05) is 37.2 Å². The number of carbonyl (C=O) groups excluding carboxylic acids is 1. The lowest BCUT2D eigenvalue weighted by Crippen LogP contribution is -2.22. The number of rotatable bonds is 5. The van der Waals surface area contributed by atoms with Gasteiger partial charge < -0.3 is 4.90 Å². The quantitative estimate of drug-likeness (QED) is 0.784. The summed E-state index contributed by atoms with van der Waals surface area (Å²) in [5.74, 6) is -0.517. The topological polar surface area (TPSA) is 33.2 Å². The number of Topliss-reactive ketones (excluding diaryl/α,β-unsaturated/α-hetero) is 1. The fraction of sp³-hybridized carbons (Fsp3) is 0.250. The summed E-state index contributed by atoms with van der Waals surface area (Å²) in [4.78, 5) is 17.5. The number of ketones is 1. The first-order valence-electron chi connectivity index (χ1n) is 6.48. The number of likely N-dealkylation sites (N-methyl/N-ethyl adjacent to an activating group) is 1. The molecule has 0 fully saturated rings. The Bertz CT molecular complexity index is 599. The Hall–Kier alpha value is -2.23. The Morgan fingerprint density at radius 1 is 1.25 bits per heavy atom. The molecule has 0 aliphatic carbocycles. The van der Waals surface area contributed by atoms with Crippen LogP contribution < -0.4 is 4.90 Å². The van der Waals surface area contributed by atoms with E-state index in [0.717, 1.165) is 18.7 Å². The van der Waals surface area contributed by atoms with Gasteiger partial charge in [-0.1, -0.05) is 0 Å².